The number of hydrogen-bond acceptors (Lipinski definition) is 3. The minimum absolute atomic E-state index is 0.253. The highest BCUT2D eigenvalue weighted by Crippen LogP contribution is 2.30. The minimum atomic E-state index is -4.34. The molecule has 2 aromatic rings. The van der Waals surface area contributed by atoms with Gasteiger partial charge in [-0.2, -0.15) is 13.2 Å². The van der Waals surface area contributed by atoms with Crippen LogP contribution < -0.4 is 20.1 Å². The van der Waals surface area contributed by atoms with Crippen LogP contribution in [0.3, 0.4) is 0 Å². The van der Waals surface area contributed by atoms with Crippen molar-refractivity contribution in [1.29, 1.82) is 0 Å². The van der Waals surface area contributed by atoms with Gasteiger partial charge >= 0.3 is 6.18 Å². The molecule has 5 nitrogen and oxygen atoms in total. The number of hydrogen-bond donors (Lipinski definition) is 2. The van der Waals surface area contributed by atoms with Gasteiger partial charge in [0.25, 0.3) is 0 Å². The molecule has 0 saturated heterocycles. The lowest BCUT2D eigenvalue weighted by molar-refractivity contribution is -0.137. The Labute approximate surface area is 162 Å². The summed E-state index contributed by atoms with van der Waals surface area (Å²) in [5.41, 5.74) is 0.904. The first-order valence-corrected chi connectivity index (χ1v) is 8.77. The summed E-state index contributed by atoms with van der Waals surface area (Å²) >= 11 is 0. The first-order chi connectivity index (χ1) is 13.4. The van der Waals surface area contributed by atoms with Crippen LogP contribution in [0.4, 0.5) is 13.2 Å². The van der Waals surface area contributed by atoms with E-state index in [2.05, 4.69) is 15.6 Å². The number of benzene rings is 2. The summed E-state index contributed by atoms with van der Waals surface area (Å²) in [5, 5.41) is 6.30. The van der Waals surface area contributed by atoms with Crippen LogP contribution in [0.1, 0.15) is 23.6 Å². The zero-order valence-electron chi connectivity index (χ0n) is 16.1. The molecule has 8 heteroatoms. The van der Waals surface area contributed by atoms with Crippen molar-refractivity contribution in [2.45, 2.75) is 26.2 Å². The first kappa shape index (κ1) is 21.4. The van der Waals surface area contributed by atoms with Crippen molar-refractivity contribution in [2.75, 3.05) is 20.8 Å². The molecule has 0 aliphatic heterocycles. The van der Waals surface area contributed by atoms with E-state index in [0.29, 0.717) is 36.1 Å². The smallest absolute Gasteiger partial charge is 0.416 e. The highest BCUT2D eigenvalue weighted by Gasteiger charge is 2.29. The zero-order valence-corrected chi connectivity index (χ0v) is 16.1. The van der Waals surface area contributed by atoms with E-state index in [1.165, 1.54) is 12.1 Å². The molecular weight excluding hydrogens is 371 g/mol. The highest BCUT2D eigenvalue weighted by atomic mass is 19.4. The van der Waals surface area contributed by atoms with E-state index in [-0.39, 0.29) is 6.54 Å². The molecule has 28 heavy (non-hydrogen) atoms. The third-order valence-electron chi connectivity index (χ3n) is 3.98. The van der Waals surface area contributed by atoms with Crippen LogP contribution >= 0.6 is 0 Å². The largest absolute Gasteiger partial charge is 0.493 e. The summed E-state index contributed by atoms with van der Waals surface area (Å²) in [6.07, 6.45) is -4.34. The van der Waals surface area contributed by atoms with Gasteiger partial charge in [0.15, 0.2) is 17.5 Å². The number of para-hydroxylation sites is 1. The van der Waals surface area contributed by atoms with Crippen molar-refractivity contribution in [1.82, 2.24) is 10.6 Å². The van der Waals surface area contributed by atoms with Gasteiger partial charge < -0.3 is 20.1 Å². The van der Waals surface area contributed by atoms with Gasteiger partial charge in [-0.05, 0) is 30.7 Å². The van der Waals surface area contributed by atoms with Crippen molar-refractivity contribution >= 4 is 5.96 Å². The van der Waals surface area contributed by atoms with Crippen LogP contribution in [0, 0.1) is 0 Å². The second kappa shape index (κ2) is 9.87. The molecule has 0 amide bonds. The Bertz CT molecular complexity index is 790. The van der Waals surface area contributed by atoms with E-state index in [1.807, 2.05) is 25.1 Å². The number of nitrogens with zero attached hydrogens (tertiary/aromatic N) is 1. The Morgan fingerprint density at radius 1 is 1.00 bits per heavy atom. The molecular formula is C20H24F3N3O2. The number of methoxy groups -OCH3 is 2. The summed E-state index contributed by atoms with van der Waals surface area (Å²) in [6.45, 7) is 3.28. The maximum Gasteiger partial charge on any atom is 0.416 e. The van der Waals surface area contributed by atoms with E-state index in [0.717, 1.165) is 17.7 Å². The third kappa shape index (κ3) is 5.80. The van der Waals surface area contributed by atoms with Crippen molar-refractivity contribution < 1.29 is 22.6 Å². The van der Waals surface area contributed by atoms with Gasteiger partial charge in [0.2, 0.25) is 0 Å². The van der Waals surface area contributed by atoms with E-state index in [1.54, 1.807) is 14.2 Å². The molecule has 0 aliphatic rings. The second-order valence-electron chi connectivity index (χ2n) is 5.90. The van der Waals surface area contributed by atoms with Gasteiger partial charge in [-0.15, -0.1) is 0 Å². The Hall–Kier alpha value is -2.90. The molecule has 0 heterocycles. The molecule has 0 unspecified atom stereocenters. The van der Waals surface area contributed by atoms with E-state index in [4.69, 9.17) is 9.47 Å². The summed E-state index contributed by atoms with van der Waals surface area (Å²) in [7, 11) is 3.15. The van der Waals surface area contributed by atoms with Gasteiger partial charge in [0.1, 0.15) is 0 Å². The first-order valence-electron chi connectivity index (χ1n) is 8.77. The molecule has 0 bridgehead atoms. The summed E-state index contributed by atoms with van der Waals surface area (Å²) in [6, 6.07) is 10.6. The van der Waals surface area contributed by atoms with Gasteiger partial charge in [0, 0.05) is 18.7 Å². The predicted octanol–water partition coefficient (Wildman–Crippen LogP) is 3.98. The lowest BCUT2D eigenvalue weighted by atomic mass is 10.1. The topological polar surface area (TPSA) is 54.9 Å². The van der Waals surface area contributed by atoms with Crippen LogP contribution in [-0.2, 0) is 19.3 Å². The van der Waals surface area contributed by atoms with Gasteiger partial charge in [0.05, 0.1) is 26.3 Å². The normalized spacial score (nSPS) is 11.9. The molecule has 2 N–H and O–H groups in total. The second-order valence-corrected chi connectivity index (χ2v) is 5.90. The van der Waals surface area contributed by atoms with Crippen LogP contribution in [-0.4, -0.2) is 26.7 Å². The molecule has 0 aromatic heterocycles. The van der Waals surface area contributed by atoms with E-state index in [9.17, 15) is 13.2 Å². The Kier molecular flexibility index (Phi) is 7.54. The number of guanidine groups is 1. The molecule has 2 rings (SSSR count). The lowest BCUT2D eigenvalue weighted by Gasteiger charge is -2.15. The van der Waals surface area contributed by atoms with Gasteiger partial charge in [-0.3, -0.25) is 0 Å². The van der Waals surface area contributed by atoms with E-state index >= 15 is 0 Å². The van der Waals surface area contributed by atoms with Crippen LogP contribution in [0.2, 0.25) is 0 Å². The molecule has 0 fully saturated rings. The fourth-order valence-corrected chi connectivity index (χ4v) is 2.58. The monoisotopic (exact) mass is 395 g/mol. The van der Waals surface area contributed by atoms with Gasteiger partial charge in [-0.1, -0.05) is 24.3 Å². The number of rotatable bonds is 7. The third-order valence-corrected chi connectivity index (χ3v) is 3.98. The predicted molar refractivity (Wildman–Crippen MR) is 103 cm³/mol. The number of ether oxygens (including phenoxy) is 2. The van der Waals surface area contributed by atoms with Crippen molar-refractivity contribution in [3.63, 3.8) is 0 Å². The number of nitrogens with one attached hydrogen (secondary N) is 2. The average Bonchev–Trinajstić information content (AvgIpc) is 2.69. The number of halogens is 3. The number of aliphatic imine (C=N–C) groups is 1. The molecule has 0 atom stereocenters. The van der Waals surface area contributed by atoms with Gasteiger partial charge in [-0.25, -0.2) is 4.99 Å². The maximum absolute atomic E-state index is 12.6. The molecule has 0 radical (unpaired) electrons. The minimum Gasteiger partial charge on any atom is -0.493 e. The number of alkyl halides is 3. The highest BCUT2D eigenvalue weighted by molar-refractivity contribution is 5.79. The van der Waals surface area contributed by atoms with Crippen molar-refractivity contribution in [3.8, 4) is 11.5 Å². The average molecular weight is 395 g/mol. The molecule has 0 saturated carbocycles. The van der Waals surface area contributed by atoms with Crippen LogP contribution in [0.25, 0.3) is 0 Å². The molecule has 2 aromatic carbocycles. The SMILES string of the molecule is CCNC(=NCc1ccc(C(F)(F)F)cc1)NCc1cccc(OC)c1OC. The standard InChI is InChI=1S/C20H24F3N3O2/c1-4-24-19(25-12-14-8-10-16(11-9-14)20(21,22)23)26-13-15-6-5-7-17(27-2)18(15)28-3/h5-11H,4,12-13H2,1-3H3,(H2,24,25,26). The Morgan fingerprint density at radius 3 is 2.29 bits per heavy atom. The summed E-state index contributed by atoms with van der Waals surface area (Å²) in [4.78, 5) is 4.43. The lowest BCUT2D eigenvalue weighted by Crippen LogP contribution is -2.36. The van der Waals surface area contributed by atoms with E-state index < -0.39 is 11.7 Å². The summed E-state index contributed by atoms with van der Waals surface area (Å²) in [5.74, 6) is 1.82. The fourth-order valence-electron chi connectivity index (χ4n) is 2.58. The molecule has 0 aliphatic carbocycles. The Balaban J connectivity index is 2.07. The Morgan fingerprint density at radius 2 is 1.71 bits per heavy atom. The summed E-state index contributed by atoms with van der Waals surface area (Å²) < 4.78 is 48.6. The molecule has 0 spiro atoms. The van der Waals surface area contributed by atoms with Crippen molar-refractivity contribution in [3.05, 3.63) is 59.2 Å². The quantitative estimate of drug-likeness (QED) is 0.550. The molecule has 152 valence electrons. The van der Waals surface area contributed by atoms with Crippen LogP contribution in [0.15, 0.2) is 47.5 Å². The zero-order chi connectivity index (χ0) is 20.6. The van der Waals surface area contributed by atoms with Crippen LogP contribution in [0.5, 0.6) is 11.5 Å². The fraction of sp³-hybridized carbons (Fsp3) is 0.350. The maximum atomic E-state index is 12.6. The van der Waals surface area contributed by atoms with Crippen molar-refractivity contribution in [2.24, 2.45) is 4.99 Å².